The van der Waals surface area contributed by atoms with Gasteiger partial charge in [-0.05, 0) is 25.8 Å². The Balaban J connectivity index is 1.33. The first-order valence-electron chi connectivity index (χ1n) is 11.5. The Morgan fingerprint density at radius 2 is 2.16 bits per heavy atom. The van der Waals surface area contributed by atoms with Crippen LogP contribution in [0.5, 0.6) is 5.75 Å². The molecule has 3 heterocycles. The van der Waals surface area contributed by atoms with E-state index < -0.39 is 0 Å². The number of benzene rings is 1. The first-order chi connectivity index (χ1) is 15.7. The van der Waals surface area contributed by atoms with Crippen LogP contribution in [0.2, 0.25) is 0 Å². The summed E-state index contributed by atoms with van der Waals surface area (Å²) in [6.07, 6.45) is 2.89. The van der Waals surface area contributed by atoms with Crippen molar-refractivity contribution < 1.29 is 14.2 Å². The van der Waals surface area contributed by atoms with Gasteiger partial charge in [0.05, 0.1) is 25.9 Å². The summed E-state index contributed by atoms with van der Waals surface area (Å²) in [6.45, 7) is 7.04. The van der Waals surface area contributed by atoms with Crippen LogP contribution >= 0.6 is 0 Å². The van der Waals surface area contributed by atoms with Gasteiger partial charge in [-0.3, -0.25) is 0 Å². The van der Waals surface area contributed by atoms with Gasteiger partial charge in [-0.1, -0.05) is 18.2 Å². The third kappa shape index (κ3) is 5.98. The van der Waals surface area contributed by atoms with Crippen LogP contribution in [-0.4, -0.2) is 60.3 Å². The van der Waals surface area contributed by atoms with Crippen LogP contribution in [0.1, 0.15) is 42.5 Å². The summed E-state index contributed by atoms with van der Waals surface area (Å²) in [5.74, 6) is 3.95. The quantitative estimate of drug-likeness (QED) is 0.349. The van der Waals surface area contributed by atoms with E-state index in [0.717, 1.165) is 81.2 Å². The number of hydrogen-bond acceptors (Lipinski definition) is 6. The molecule has 2 aliphatic rings. The Morgan fingerprint density at radius 3 is 2.97 bits per heavy atom. The number of hydrogen-bond donors (Lipinski definition) is 2. The Hall–Kier alpha value is -2.65. The van der Waals surface area contributed by atoms with Gasteiger partial charge in [0.1, 0.15) is 18.1 Å². The van der Waals surface area contributed by atoms with Crippen molar-refractivity contribution in [2.75, 3.05) is 39.6 Å². The van der Waals surface area contributed by atoms with Crippen molar-refractivity contribution in [1.82, 2.24) is 25.4 Å². The van der Waals surface area contributed by atoms with Gasteiger partial charge in [0, 0.05) is 44.7 Å². The number of para-hydroxylation sites is 1. The summed E-state index contributed by atoms with van der Waals surface area (Å²) in [7, 11) is 1.96. The number of aryl methyl sites for hydroxylation is 1. The number of aromatic nitrogens is 3. The molecule has 1 fully saturated rings. The minimum absolute atomic E-state index is 0.144. The Labute approximate surface area is 189 Å². The van der Waals surface area contributed by atoms with E-state index in [2.05, 4.69) is 26.9 Å². The van der Waals surface area contributed by atoms with E-state index >= 15 is 0 Å². The number of nitrogens with one attached hydrogen (secondary N) is 2. The number of nitrogens with zero attached hydrogens (tertiary/aromatic N) is 4. The lowest BCUT2D eigenvalue weighted by molar-refractivity contribution is 0.0888. The predicted octanol–water partition coefficient (Wildman–Crippen LogP) is 2.13. The predicted molar refractivity (Wildman–Crippen MR) is 122 cm³/mol. The second kappa shape index (κ2) is 11.3. The lowest BCUT2D eigenvalue weighted by Gasteiger charge is -2.28. The molecule has 1 saturated heterocycles. The highest BCUT2D eigenvalue weighted by atomic mass is 16.5. The van der Waals surface area contributed by atoms with Crippen LogP contribution in [0.15, 0.2) is 29.3 Å². The highest BCUT2D eigenvalue weighted by Crippen LogP contribution is 2.31. The van der Waals surface area contributed by atoms with Gasteiger partial charge < -0.3 is 29.4 Å². The van der Waals surface area contributed by atoms with Gasteiger partial charge in [-0.2, -0.15) is 0 Å². The lowest BCUT2D eigenvalue weighted by Crippen LogP contribution is -2.41. The third-order valence-electron chi connectivity index (χ3n) is 5.97. The van der Waals surface area contributed by atoms with Gasteiger partial charge >= 0.3 is 0 Å². The molecule has 2 atom stereocenters. The molecule has 0 aliphatic carbocycles. The molecule has 174 valence electrons. The molecule has 9 nitrogen and oxygen atoms in total. The lowest BCUT2D eigenvalue weighted by atomic mass is 10.0. The largest absolute Gasteiger partial charge is 0.493 e. The molecule has 0 spiro atoms. The molecule has 1 aromatic carbocycles. The van der Waals surface area contributed by atoms with Crippen LogP contribution in [-0.2, 0) is 23.1 Å². The maximum atomic E-state index is 5.83. The normalized spacial score (nSPS) is 20.6. The number of aliphatic imine (C=N–C) groups is 1. The zero-order valence-electron chi connectivity index (χ0n) is 19.0. The van der Waals surface area contributed by atoms with E-state index in [1.54, 1.807) is 0 Å². The van der Waals surface area contributed by atoms with E-state index in [1.807, 2.05) is 36.7 Å². The standard InChI is InChI=1S/C23H34N6O3/c1-17-27-28-22(29(17)2)14-25-23(24-10-5-11-30-15-18-8-12-31-16-18)26-20-9-13-32-21-7-4-3-6-19(20)21/h3-4,6-7,18,20H,5,8-16H2,1-2H3,(H2,24,25,26). The highest BCUT2D eigenvalue weighted by molar-refractivity contribution is 5.80. The van der Waals surface area contributed by atoms with Gasteiger partial charge in [-0.15, -0.1) is 10.2 Å². The van der Waals surface area contributed by atoms with Gasteiger partial charge in [0.25, 0.3) is 0 Å². The molecular formula is C23H34N6O3. The fraction of sp³-hybridized carbons (Fsp3) is 0.609. The number of rotatable bonds is 9. The molecule has 0 amide bonds. The van der Waals surface area contributed by atoms with Gasteiger partial charge in [0.2, 0.25) is 0 Å². The van der Waals surface area contributed by atoms with Crippen LogP contribution < -0.4 is 15.4 Å². The monoisotopic (exact) mass is 442 g/mol. The van der Waals surface area contributed by atoms with E-state index in [1.165, 1.54) is 0 Å². The molecular weight excluding hydrogens is 408 g/mol. The summed E-state index contributed by atoms with van der Waals surface area (Å²) in [4.78, 5) is 4.79. The van der Waals surface area contributed by atoms with Crippen molar-refractivity contribution in [2.45, 2.75) is 38.8 Å². The van der Waals surface area contributed by atoms with Crippen LogP contribution in [0.3, 0.4) is 0 Å². The maximum Gasteiger partial charge on any atom is 0.192 e. The fourth-order valence-electron chi connectivity index (χ4n) is 3.89. The second-order valence-electron chi connectivity index (χ2n) is 8.34. The molecule has 0 bridgehead atoms. The zero-order chi connectivity index (χ0) is 22.2. The number of ether oxygens (including phenoxy) is 3. The molecule has 2 N–H and O–H groups in total. The van der Waals surface area contributed by atoms with Crippen LogP contribution in [0.4, 0.5) is 0 Å². The van der Waals surface area contributed by atoms with Gasteiger partial charge in [0.15, 0.2) is 11.8 Å². The van der Waals surface area contributed by atoms with E-state index in [4.69, 9.17) is 19.2 Å². The first kappa shape index (κ1) is 22.5. The van der Waals surface area contributed by atoms with Crippen molar-refractivity contribution in [3.8, 4) is 5.75 Å². The molecule has 0 saturated carbocycles. The molecule has 9 heteroatoms. The highest BCUT2D eigenvalue weighted by Gasteiger charge is 2.22. The Kier molecular flexibility index (Phi) is 7.95. The van der Waals surface area contributed by atoms with Crippen molar-refractivity contribution >= 4 is 5.96 Å². The Morgan fingerprint density at radius 1 is 1.25 bits per heavy atom. The van der Waals surface area contributed by atoms with Crippen LogP contribution in [0.25, 0.3) is 0 Å². The van der Waals surface area contributed by atoms with Gasteiger partial charge in [-0.25, -0.2) is 4.99 Å². The second-order valence-corrected chi connectivity index (χ2v) is 8.34. The number of fused-ring (bicyclic) bond motifs is 1. The van der Waals surface area contributed by atoms with Crippen molar-refractivity contribution in [3.05, 3.63) is 41.5 Å². The fourth-order valence-corrected chi connectivity index (χ4v) is 3.89. The zero-order valence-corrected chi connectivity index (χ0v) is 19.0. The molecule has 2 unspecified atom stereocenters. The van der Waals surface area contributed by atoms with Crippen molar-refractivity contribution in [3.63, 3.8) is 0 Å². The molecule has 2 aliphatic heterocycles. The van der Waals surface area contributed by atoms with E-state index in [0.29, 0.717) is 19.1 Å². The summed E-state index contributed by atoms with van der Waals surface area (Å²) in [5.41, 5.74) is 1.16. The molecule has 0 radical (unpaired) electrons. The minimum atomic E-state index is 0.144. The van der Waals surface area contributed by atoms with Crippen molar-refractivity contribution in [2.24, 2.45) is 18.0 Å². The SMILES string of the molecule is Cc1nnc(CN=C(NCCCOCC2CCOC2)NC2CCOc3ccccc32)n1C. The first-order valence-corrected chi connectivity index (χ1v) is 11.5. The van der Waals surface area contributed by atoms with E-state index in [-0.39, 0.29) is 6.04 Å². The minimum Gasteiger partial charge on any atom is -0.493 e. The smallest absolute Gasteiger partial charge is 0.192 e. The summed E-state index contributed by atoms with van der Waals surface area (Å²) in [5, 5.41) is 15.4. The summed E-state index contributed by atoms with van der Waals surface area (Å²) in [6, 6.07) is 8.31. The number of guanidine groups is 1. The third-order valence-corrected chi connectivity index (χ3v) is 5.97. The maximum absolute atomic E-state index is 5.83. The topological polar surface area (TPSA) is 94.8 Å². The summed E-state index contributed by atoms with van der Waals surface area (Å²) >= 11 is 0. The molecule has 32 heavy (non-hydrogen) atoms. The molecule has 4 rings (SSSR count). The Bertz CT molecular complexity index is 894. The average Bonchev–Trinajstić information content (AvgIpc) is 3.45. The average molecular weight is 443 g/mol. The molecule has 1 aromatic heterocycles. The molecule has 2 aromatic rings. The van der Waals surface area contributed by atoms with Crippen LogP contribution in [0, 0.1) is 12.8 Å². The van der Waals surface area contributed by atoms with Crippen molar-refractivity contribution in [1.29, 1.82) is 0 Å². The summed E-state index contributed by atoms with van der Waals surface area (Å²) < 4.78 is 19.0. The van der Waals surface area contributed by atoms with E-state index in [9.17, 15) is 0 Å².